The van der Waals surface area contributed by atoms with Gasteiger partial charge >= 0.3 is 29.8 Å². The predicted molar refractivity (Wildman–Crippen MR) is 139 cm³/mol. The molecular weight excluding hydrogens is 648 g/mol. The molecule has 0 bridgehead atoms. The molecule has 0 saturated carbocycles. The number of benzene rings is 2. The lowest BCUT2D eigenvalue weighted by molar-refractivity contribution is -0.296. The molecule has 0 unspecified atom stereocenters. The number of halogens is 2. The molecule has 1 saturated heterocycles. The Morgan fingerprint density at radius 3 is 1.59 bits per heavy atom. The zero-order chi connectivity index (χ0) is 28.7. The van der Waals surface area contributed by atoms with Crippen molar-refractivity contribution in [3.63, 3.8) is 0 Å². The van der Waals surface area contributed by atoms with E-state index in [0.717, 1.165) is 29.7 Å². The van der Waals surface area contributed by atoms with Crippen molar-refractivity contribution in [2.45, 2.75) is 51.5 Å². The van der Waals surface area contributed by atoms with Crippen LogP contribution < -0.4 is 0 Å². The fourth-order valence-electron chi connectivity index (χ4n) is 3.66. The molecule has 2 aromatic rings. The molecule has 11 nitrogen and oxygen atoms in total. The van der Waals surface area contributed by atoms with Crippen molar-refractivity contribution >= 4 is 61.7 Å². The van der Waals surface area contributed by atoms with Crippen molar-refractivity contribution in [1.29, 1.82) is 0 Å². The molecular formula is C26H24Br2O11. The van der Waals surface area contributed by atoms with Gasteiger partial charge in [0.2, 0.25) is 12.4 Å². The zero-order valence-electron chi connectivity index (χ0n) is 21.0. The maximum Gasteiger partial charge on any atom is 0.338 e. The highest BCUT2D eigenvalue weighted by atomic mass is 79.9. The minimum Gasteiger partial charge on any atom is -0.459 e. The third-order valence-electron chi connectivity index (χ3n) is 5.26. The Balaban J connectivity index is 1.96. The number of carbonyl (C=O) groups excluding carboxylic acids is 5. The van der Waals surface area contributed by atoms with Gasteiger partial charge in [0, 0.05) is 29.7 Å². The van der Waals surface area contributed by atoms with Crippen LogP contribution in [0.15, 0.2) is 57.5 Å². The van der Waals surface area contributed by atoms with Gasteiger partial charge in [-0.05, 0) is 48.5 Å². The minimum atomic E-state index is -1.57. The Hall–Kier alpha value is -3.29. The molecule has 2 aromatic carbocycles. The van der Waals surface area contributed by atoms with E-state index in [4.69, 9.17) is 28.4 Å². The Morgan fingerprint density at radius 2 is 1.10 bits per heavy atom. The first-order chi connectivity index (χ1) is 18.4. The second kappa shape index (κ2) is 13.7. The summed E-state index contributed by atoms with van der Waals surface area (Å²) in [6, 6.07) is 12.6. The molecule has 0 amide bonds. The van der Waals surface area contributed by atoms with Gasteiger partial charge in [0.15, 0.2) is 12.2 Å². The van der Waals surface area contributed by atoms with E-state index < -0.39 is 67.2 Å². The van der Waals surface area contributed by atoms with Gasteiger partial charge in [0.1, 0.15) is 12.7 Å². The molecule has 3 rings (SSSR count). The number of hydrogen-bond acceptors (Lipinski definition) is 11. The lowest BCUT2D eigenvalue weighted by Crippen LogP contribution is -2.63. The van der Waals surface area contributed by atoms with Gasteiger partial charge in [0.05, 0.1) is 11.1 Å². The minimum absolute atomic E-state index is 0.150. The molecule has 0 aliphatic carbocycles. The molecule has 1 aliphatic rings. The Bertz CT molecular complexity index is 1210. The maximum absolute atomic E-state index is 13.0. The normalized spacial score (nSPS) is 22.2. The third kappa shape index (κ3) is 8.60. The van der Waals surface area contributed by atoms with E-state index in [2.05, 4.69) is 31.9 Å². The standard InChI is InChI=1S/C26H24Br2O11/c1-13(29)35-22-21(39-25(33)17-6-10-19(28)11-7-17)20(12-34-24(32)16-4-8-18(27)9-5-16)38-26(37-15(3)31)23(22)36-14(2)30/h4-11,20-23,26H,12H2,1-3H3/t20-,21-,22+,23+,26+/m1/s1. The summed E-state index contributed by atoms with van der Waals surface area (Å²) >= 11 is 6.57. The van der Waals surface area contributed by atoms with E-state index in [0.29, 0.717) is 0 Å². The predicted octanol–water partition coefficient (Wildman–Crippen LogP) is 3.75. The summed E-state index contributed by atoms with van der Waals surface area (Å²) in [7, 11) is 0. The van der Waals surface area contributed by atoms with Crippen LogP contribution in [0.5, 0.6) is 0 Å². The van der Waals surface area contributed by atoms with Gasteiger partial charge in [-0.25, -0.2) is 9.59 Å². The smallest absolute Gasteiger partial charge is 0.338 e. The van der Waals surface area contributed by atoms with E-state index >= 15 is 0 Å². The molecule has 1 heterocycles. The van der Waals surface area contributed by atoms with Crippen molar-refractivity contribution < 1.29 is 52.4 Å². The highest BCUT2D eigenvalue weighted by molar-refractivity contribution is 9.10. The van der Waals surface area contributed by atoms with Crippen LogP contribution in [0.3, 0.4) is 0 Å². The Labute approximate surface area is 240 Å². The molecule has 0 N–H and O–H groups in total. The summed E-state index contributed by atoms with van der Waals surface area (Å²) in [5.41, 5.74) is 0.375. The molecule has 13 heteroatoms. The van der Waals surface area contributed by atoms with Gasteiger partial charge in [-0.3, -0.25) is 14.4 Å². The van der Waals surface area contributed by atoms with Crippen molar-refractivity contribution in [3.8, 4) is 0 Å². The summed E-state index contributed by atoms with van der Waals surface area (Å²) in [5.74, 6) is -3.97. The lowest BCUT2D eigenvalue weighted by Gasteiger charge is -2.43. The highest BCUT2D eigenvalue weighted by Gasteiger charge is 2.54. The molecule has 1 aliphatic heterocycles. The van der Waals surface area contributed by atoms with Crippen molar-refractivity contribution in [3.05, 3.63) is 68.6 Å². The summed E-state index contributed by atoms with van der Waals surface area (Å²) in [5, 5.41) is 0. The van der Waals surface area contributed by atoms with E-state index in [1.807, 2.05) is 0 Å². The van der Waals surface area contributed by atoms with E-state index in [1.165, 1.54) is 24.3 Å². The first-order valence-corrected chi connectivity index (χ1v) is 13.1. The highest BCUT2D eigenvalue weighted by Crippen LogP contribution is 2.31. The molecule has 208 valence electrons. The number of ether oxygens (including phenoxy) is 6. The first kappa shape index (κ1) is 30.3. The topological polar surface area (TPSA) is 141 Å². The van der Waals surface area contributed by atoms with Crippen LogP contribution in [0.4, 0.5) is 0 Å². The quantitative estimate of drug-likeness (QED) is 0.299. The van der Waals surface area contributed by atoms with Crippen molar-refractivity contribution in [2.24, 2.45) is 0 Å². The lowest BCUT2D eigenvalue weighted by atomic mass is 9.98. The summed E-state index contributed by atoms with van der Waals surface area (Å²) in [6.45, 7) is 2.77. The van der Waals surface area contributed by atoms with Crippen LogP contribution in [0, 0.1) is 0 Å². The van der Waals surface area contributed by atoms with Crippen LogP contribution in [-0.2, 0) is 42.8 Å². The second-order valence-electron chi connectivity index (χ2n) is 8.28. The van der Waals surface area contributed by atoms with Crippen molar-refractivity contribution in [1.82, 2.24) is 0 Å². The number of rotatable bonds is 8. The molecule has 0 aromatic heterocycles. The first-order valence-electron chi connectivity index (χ1n) is 11.5. The van der Waals surface area contributed by atoms with Crippen LogP contribution >= 0.6 is 31.9 Å². The number of carbonyl (C=O) groups is 5. The van der Waals surface area contributed by atoms with E-state index in [1.54, 1.807) is 24.3 Å². The molecule has 0 radical (unpaired) electrons. The van der Waals surface area contributed by atoms with E-state index in [-0.39, 0.29) is 11.1 Å². The van der Waals surface area contributed by atoms with Gasteiger partial charge in [-0.15, -0.1) is 0 Å². The Kier molecular flexibility index (Phi) is 10.6. The maximum atomic E-state index is 13.0. The van der Waals surface area contributed by atoms with Gasteiger partial charge in [-0.2, -0.15) is 0 Å². The van der Waals surface area contributed by atoms with Crippen molar-refractivity contribution in [2.75, 3.05) is 6.61 Å². The van der Waals surface area contributed by atoms with Gasteiger partial charge in [-0.1, -0.05) is 31.9 Å². The second-order valence-corrected chi connectivity index (χ2v) is 10.1. The average Bonchev–Trinajstić information content (AvgIpc) is 2.86. The van der Waals surface area contributed by atoms with Crippen LogP contribution in [0.1, 0.15) is 41.5 Å². The molecule has 1 fully saturated rings. The largest absolute Gasteiger partial charge is 0.459 e. The fourth-order valence-corrected chi connectivity index (χ4v) is 4.19. The summed E-state index contributed by atoms with van der Waals surface area (Å²) in [4.78, 5) is 61.4. The van der Waals surface area contributed by atoms with Gasteiger partial charge < -0.3 is 28.4 Å². The third-order valence-corrected chi connectivity index (χ3v) is 6.32. The molecule has 0 spiro atoms. The summed E-state index contributed by atoms with van der Waals surface area (Å²) < 4.78 is 34.2. The summed E-state index contributed by atoms with van der Waals surface area (Å²) in [6.07, 6.45) is -7.31. The zero-order valence-corrected chi connectivity index (χ0v) is 24.1. The van der Waals surface area contributed by atoms with Crippen LogP contribution in [0.25, 0.3) is 0 Å². The monoisotopic (exact) mass is 670 g/mol. The number of esters is 5. The molecule has 39 heavy (non-hydrogen) atoms. The Morgan fingerprint density at radius 1 is 0.641 bits per heavy atom. The van der Waals surface area contributed by atoms with Crippen LogP contribution in [-0.4, -0.2) is 67.2 Å². The van der Waals surface area contributed by atoms with Crippen LogP contribution in [0.2, 0.25) is 0 Å². The van der Waals surface area contributed by atoms with E-state index in [9.17, 15) is 24.0 Å². The van der Waals surface area contributed by atoms with Gasteiger partial charge in [0.25, 0.3) is 0 Å². The molecule has 5 atom stereocenters. The SMILES string of the molecule is CC(=O)O[C@H]1O[C@H](COC(=O)c2ccc(Br)cc2)[C@@H](OC(=O)c2ccc(Br)cc2)[C@H](OC(C)=O)[C@@H]1OC(C)=O. The number of hydrogen-bond donors (Lipinski definition) is 0. The fraction of sp³-hybridized carbons (Fsp3) is 0.346. The average molecular weight is 672 g/mol.